The Hall–Kier alpha value is -1.61. The number of imidazole rings is 1. The fourth-order valence-electron chi connectivity index (χ4n) is 1.69. The SMILES string of the molecule is Cc1cccc(C(N)c2nccn2C)c1. The number of nitrogens with zero attached hydrogens (tertiary/aromatic N) is 2. The van der Waals surface area contributed by atoms with Gasteiger partial charge in [-0.2, -0.15) is 0 Å². The third-order valence-corrected chi connectivity index (χ3v) is 2.54. The van der Waals surface area contributed by atoms with Gasteiger partial charge in [0.1, 0.15) is 5.82 Å². The first-order chi connectivity index (χ1) is 7.18. The van der Waals surface area contributed by atoms with Gasteiger partial charge >= 0.3 is 0 Å². The van der Waals surface area contributed by atoms with Gasteiger partial charge in [0.2, 0.25) is 0 Å². The highest BCUT2D eigenvalue weighted by Gasteiger charge is 2.12. The molecule has 1 aromatic heterocycles. The van der Waals surface area contributed by atoms with Gasteiger partial charge in [0.15, 0.2) is 0 Å². The fraction of sp³-hybridized carbons (Fsp3) is 0.250. The molecule has 1 heterocycles. The molecule has 78 valence electrons. The third-order valence-electron chi connectivity index (χ3n) is 2.54. The molecule has 1 atom stereocenters. The van der Waals surface area contributed by atoms with Gasteiger partial charge in [0, 0.05) is 19.4 Å². The lowest BCUT2D eigenvalue weighted by Gasteiger charge is -2.12. The Bertz CT molecular complexity index is 459. The number of aryl methyl sites for hydroxylation is 2. The monoisotopic (exact) mass is 201 g/mol. The highest BCUT2D eigenvalue weighted by Crippen LogP contribution is 2.18. The standard InChI is InChI=1S/C12H15N3/c1-9-4-3-5-10(8-9)11(13)12-14-6-7-15(12)2/h3-8,11H,13H2,1-2H3. The minimum Gasteiger partial charge on any atom is -0.336 e. The lowest BCUT2D eigenvalue weighted by molar-refractivity contribution is 0.716. The first-order valence-electron chi connectivity index (χ1n) is 4.98. The van der Waals surface area contributed by atoms with E-state index in [1.807, 2.05) is 29.9 Å². The molecule has 1 aromatic carbocycles. The molecule has 0 aliphatic rings. The van der Waals surface area contributed by atoms with Crippen molar-refractivity contribution in [3.8, 4) is 0 Å². The normalized spacial score (nSPS) is 12.7. The Morgan fingerprint density at radius 3 is 2.80 bits per heavy atom. The van der Waals surface area contributed by atoms with Crippen molar-refractivity contribution >= 4 is 0 Å². The van der Waals surface area contributed by atoms with Crippen LogP contribution in [0.25, 0.3) is 0 Å². The zero-order valence-corrected chi connectivity index (χ0v) is 9.01. The zero-order chi connectivity index (χ0) is 10.8. The number of aromatic nitrogens is 2. The largest absolute Gasteiger partial charge is 0.336 e. The predicted molar refractivity (Wildman–Crippen MR) is 60.4 cm³/mol. The maximum absolute atomic E-state index is 6.15. The molecule has 0 aliphatic heterocycles. The van der Waals surface area contributed by atoms with Gasteiger partial charge in [0.05, 0.1) is 6.04 Å². The Balaban J connectivity index is 2.36. The smallest absolute Gasteiger partial charge is 0.129 e. The van der Waals surface area contributed by atoms with Crippen molar-refractivity contribution in [3.63, 3.8) is 0 Å². The van der Waals surface area contributed by atoms with Crippen molar-refractivity contribution in [1.82, 2.24) is 9.55 Å². The number of hydrogen-bond acceptors (Lipinski definition) is 2. The van der Waals surface area contributed by atoms with Crippen LogP contribution in [-0.4, -0.2) is 9.55 Å². The van der Waals surface area contributed by atoms with E-state index < -0.39 is 0 Å². The Labute approximate surface area is 89.6 Å². The van der Waals surface area contributed by atoms with Crippen LogP contribution in [0.1, 0.15) is 23.0 Å². The van der Waals surface area contributed by atoms with Crippen LogP contribution in [0.5, 0.6) is 0 Å². The summed E-state index contributed by atoms with van der Waals surface area (Å²) >= 11 is 0. The van der Waals surface area contributed by atoms with Crippen molar-refractivity contribution < 1.29 is 0 Å². The van der Waals surface area contributed by atoms with Crippen molar-refractivity contribution in [1.29, 1.82) is 0 Å². The van der Waals surface area contributed by atoms with Gasteiger partial charge in [0.25, 0.3) is 0 Å². The summed E-state index contributed by atoms with van der Waals surface area (Å²) in [6, 6.07) is 8.07. The fourth-order valence-corrected chi connectivity index (χ4v) is 1.69. The highest BCUT2D eigenvalue weighted by atomic mass is 15.1. The molecule has 15 heavy (non-hydrogen) atoms. The molecule has 0 radical (unpaired) electrons. The van der Waals surface area contributed by atoms with Gasteiger partial charge in [-0.1, -0.05) is 29.8 Å². The summed E-state index contributed by atoms with van der Waals surface area (Å²) < 4.78 is 1.95. The maximum atomic E-state index is 6.15. The van der Waals surface area contributed by atoms with Crippen molar-refractivity contribution in [2.45, 2.75) is 13.0 Å². The summed E-state index contributed by atoms with van der Waals surface area (Å²) in [5.74, 6) is 0.889. The van der Waals surface area contributed by atoms with Gasteiger partial charge in [-0.3, -0.25) is 0 Å². The number of benzene rings is 1. The summed E-state index contributed by atoms with van der Waals surface area (Å²) in [5, 5.41) is 0. The molecule has 3 heteroatoms. The van der Waals surface area contributed by atoms with Crippen LogP contribution in [0, 0.1) is 6.92 Å². The van der Waals surface area contributed by atoms with Gasteiger partial charge < -0.3 is 10.3 Å². The quantitative estimate of drug-likeness (QED) is 0.804. The zero-order valence-electron chi connectivity index (χ0n) is 9.01. The molecule has 0 amide bonds. The average molecular weight is 201 g/mol. The Morgan fingerprint density at radius 1 is 1.40 bits per heavy atom. The molecule has 2 N–H and O–H groups in total. The summed E-state index contributed by atoms with van der Waals surface area (Å²) in [4.78, 5) is 4.26. The van der Waals surface area contributed by atoms with Crippen molar-refractivity contribution in [2.75, 3.05) is 0 Å². The van der Waals surface area contributed by atoms with E-state index in [2.05, 4.69) is 24.0 Å². The number of hydrogen-bond donors (Lipinski definition) is 1. The van der Waals surface area contributed by atoms with Crippen LogP contribution in [0.4, 0.5) is 0 Å². The summed E-state index contributed by atoms with van der Waals surface area (Å²) in [5.41, 5.74) is 8.47. The maximum Gasteiger partial charge on any atom is 0.129 e. The van der Waals surface area contributed by atoms with Crippen LogP contribution < -0.4 is 5.73 Å². The molecule has 0 aliphatic carbocycles. The second-order valence-electron chi connectivity index (χ2n) is 3.79. The second kappa shape index (κ2) is 3.87. The van der Waals surface area contributed by atoms with E-state index in [9.17, 15) is 0 Å². The van der Waals surface area contributed by atoms with E-state index in [1.54, 1.807) is 6.20 Å². The summed E-state index contributed by atoms with van der Waals surface area (Å²) in [6.45, 7) is 2.06. The van der Waals surface area contributed by atoms with Crippen LogP contribution in [0.3, 0.4) is 0 Å². The lowest BCUT2D eigenvalue weighted by Crippen LogP contribution is -2.16. The van der Waals surface area contributed by atoms with Crippen LogP contribution in [0.15, 0.2) is 36.7 Å². The predicted octanol–water partition coefficient (Wildman–Crippen LogP) is 1.78. The molecule has 3 nitrogen and oxygen atoms in total. The highest BCUT2D eigenvalue weighted by molar-refractivity contribution is 5.28. The summed E-state index contributed by atoms with van der Waals surface area (Å²) in [7, 11) is 1.96. The molecule has 0 saturated carbocycles. The number of nitrogens with two attached hydrogens (primary N) is 1. The second-order valence-corrected chi connectivity index (χ2v) is 3.79. The first kappa shape index (κ1) is 9.93. The van der Waals surface area contributed by atoms with E-state index in [4.69, 9.17) is 5.73 Å². The molecule has 0 bridgehead atoms. The van der Waals surface area contributed by atoms with Crippen LogP contribution >= 0.6 is 0 Å². The molecule has 0 saturated heterocycles. The summed E-state index contributed by atoms with van der Waals surface area (Å²) in [6.07, 6.45) is 3.68. The minimum absolute atomic E-state index is 0.148. The first-order valence-corrected chi connectivity index (χ1v) is 4.98. The van der Waals surface area contributed by atoms with Gasteiger partial charge in [-0.05, 0) is 12.5 Å². The van der Waals surface area contributed by atoms with Crippen LogP contribution in [-0.2, 0) is 7.05 Å². The lowest BCUT2D eigenvalue weighted by atomic mass is 10.0. The van der Waals surface area contributed by atoms with E-state index >= 15 is 0 Å². The van der Waals surface area contributed by atoms with Gasteiger partial charge in [-0.15, -0.1) is 0 Å². The van der Waals surface area contributed by atoms with Crippen molar-refractivity contribution in [3.05, 3.63) is 53.6 Å². The Kier molecular flexibility index (Phi) is 2.56. The van der Waals surface area contributed by atoms with E-state index in [-0.39, 0.29) is 6.04 Å². The van der Waals surface area contributed by atoms with Crippen LogP contribution in [0.2, 0.25) is 0 Å². The minimum atomic E-state index is -0.148. The average Bonchev–Trinajstić information content (AvgIpc) is 2.63. The Morgan fingerprint density at radius 2 is 2.20 bits per heavy atom. The molecule has 1 unspecified atom stereocenters. The molecule has 0 spiro atoms. The third kappa shape index (κ3) is 1.92. The van der Waals surface area contributed by atoms with Gasteiger partial charge in [-0.25, -0.2) is 4.98 Å². The van der Waals surface area contributed by atoms with E-state index in [1.165, 1.54) is 5.56 Å². The molecule has 0 fully saturated rings. The topological polar surface area (TPSA) is 43.8 Å². The molecule has 2 aromatic rings. The molecular formula is C12H15N3. The van der Waals surface area contributed by atoms with E-state index in [0.717, 1.165) is 11.4 Å². The molecular weight excluding hydrogens is 186 g/mol. The molecule has 2 rings (SSSR count). The van der Waals surface area contributed by atoms with Crippen molar-refractivity contribution in [2.24, 2.45) is 12.8 Å². The van der Waals surface area contributed by atoms with E-state index in [0.29, 0.717) is 0 Å². The number of rotatable bonds is 2.